The molecule has 1 aromatic heterocycles. The predicted octanol–water partition coefficient (Wildman–Crippen LogP) is 4.88. The topological polar surface area (TPSA) is 83.2 Å². The van der Waals surface area contributed by atoms with Gasteiger partial charge in [-0.1, -0.05) is 12.1 Å². The number of hydrogen-bond acceptors (Lipinski definition) is 4. The van der Waals surface area contributed by atoms with E-state index in [9.17, 15) is 18.7 Å². The van der Waals surface area contributed by atoms with E-state index in [1.54, 1.807) is 6.07 Å². The molecular formula is C20H11F2IN2O3. The molecule has 1 heterocycles. The van der Waals surface area contributed by atoms with Crippen molar-refractivity contribution in [2.75, 3.05) is 7.11 Å². The summed E-state index contributed by atoms with van der Waals surface area (Å²) < 4.78 is 33.7. The second kappa shape index (κ2) is 7.90. The number of benzene rings is 2. The number of carboxylic acids is 1. The van der Waals surface area contributed by atoms with Gasteiger partial charge in [-0.2, -0.15) is 5.26 Å². The maximum Gasteiger partial charge on any atom is 0.336 e. The molecule has 0 atom stereocenters. The summed E-state index contributed by atoms with van der Waals surface area (Å²) in [5.74, 6) is -2.66. The summed E-state index contributed by atoms with van der Waals surface area (Å²) in [7, 11) is 1.32. The van der Waals surface area contributed by atoms with Crippen molar-refractivity contribution in [3.8, 4) is 34.2 Å². The Morgan fingerprint density at radius 1 is 1.14 bits per heavy atom. The van der Waals surface area contributed by atoms with Crippen molar-refractivity contribution in [3.05, 3.63) is 68.9 Å². The summed E-state index contributed by atoms with van der Waals surface area (Å²) in [6.07, 6.45) is 0. The molecule has 0 saturated heterocycles. The number of nitriles is 1. The van der Waals surface area contributed by atoms with Gasteiger partial charge >= 0.3 is 5.97 Å². The molecule has 28 heavy (non-hydrogen) atoms. The maximum atomic E-state index is 14.3. The number of pyridine rings is 1. The molecular weight excluding hydrogens is 481 g/mol. The lowest BCUT2D eigenvalue weighted by atomic mass is 9.94. The van der Waals surface area contributed by atoms with Gasteiger partial charge in [0.2, 0.25) is 0 Å². The normalized spacial score (nSPS) is 10.4. The molecule has 0 radical (unpaired) electrons. The highest BCUT2D eigenvalue weighted by Crippen LogP contribution is 2.36. The highest BCUT2D eigenvalue weighted by Gasteiger charge is 2.21. The molecule has 1 N–H and O–H groups in total. The molecule has 0 bridgehead atoms. The zero-order valence-electron chi connectivity index (χ0n) is 14.3. The third kappa shape index (κ3) is 3.66. The number of aromatic nitrogens is 1. The van der Waals surface area contributed by atoms with Gasteiger partial charge in [0.1, 0.15) is 15.6 Å². The Kier molecular flexibility index (Phi) is 5.56. The monoisotopic (exact) mass is 492 g/mol. The molecule has 0 spiro atoms. The van der Waals surface area contributed by atoms with Crippen molar-refractivity contribution in [1.29, 1.82) is 5.26 Å². The number of aromatic carboxylic acids is 1. The Bertz CT molecular complexity index is 1140. The van der Waals surface area contributed by atoms with E-state index in [-0.39, 0.29) is 39.3 Å². The van der Waals surface area contributed by atoms with Crippen LogP contribution in [0.3, 0.4) is 0 Å². The highest BCUT2D eigenvalue weighted by molar-refractivity contribution is 14.1. The van der Waals surface area contributed by atoms with Crippen LogP contribution in [0, 0.1) is 26.7 Å². The number of carbonyl (C=O) groups is 1. The van der Waals surface area contributed by atoms with E-state index in [4.69, 9.17) is 10.00 Å². The molecule has 5 nitrogen and oxygen atoms in total. The Balaban J connectivity index is 2.34. The van der Waals surface area contributed by atoms with Crippen molar-refractivity contribution in [2.45, 2.75) is 0 Å². The molecule has 0 aliphatic heterocycles. The van der Waals surface area contributed by atoms with Crippen molar-refractivity contribution >= 4 is 28.6 Å². The third-order valence-corrected chi connectivity index (χ3v) is 4.57. The van der Waals surface area contributed by atoms with Crippen LogP contribution in [-0.2, 0) is 0 Å². The molecule has 0 aliphatic carbocycles. The smallest absolute Gasteiger partial charge is 0.336 e. The minimum Gasteiger partial charge on any atom is -0.494 e. The lowest BCUT2D eigenvalue weighted by Crippen LogP contribution is -2.05. The molecule has 8 heteroatoms. The van der Waals surface area contributed by atoms with Crippen molar-refractivity contribution in [3.63, 3.8) is 0 Å². The van der Waals surface area contributed by atoms with E-state index in [1.165, 1.54) is 37.4 Å². The number of halogens is 3. The minimum atomic E-state index is -1.23. The Hall–Kier alpha value is -3.06. The van der Waals surface area contributed by atoms with Gasteiger partial charge in [0, 0.05) is 11.1 Å². The van der Waals surface area contributed by atoms with Gasteiger partial charge < -0.3 is 9.84 Å². The molecule has 0 unspecified atom stereocenters. The SMILES string of the molecule is COc1ccc(-c2c(C(=O)O)cc(I)nc2-c2ccc(C#N)c(F)c2)cc1F. The fraction of sp³-hybridized carbons (Fsp3) is 0.0500. The van der Waals surface area contributed by atoms with Gasteiger partial charge in [0.05, 0.1) is 23.9 Å². The zero-order valence-corrected chi connectivity index (χ0v) is 16.5. The second-order valence-corrected chi connectivity index (χ2v) is 6.78. The van der Waals surface area contributed by atoms with Gasteiger partial charge in [0.15, 0.2) is 11.6 Å². The summed E-state index contributed by atoms with van der Waals surface area (Å²) in [4.78, 5) is 16.2. The molecule has 140 valence electrons. The first-order chi connectivity index (χ1) is 13.3. The largest absolute Gasteiger partial charge is 0.494 e. The first kappa shape index (κ1) is 19.7. The first-order valence-electron chi connectivity index (χ1n) is 7.83. The zero-order chi connectivity index (χ0) is 20.4. The minimum absolute atomic E-state index is 0.00469. The molecule has 0 amide bonds. The summed E-state index contributed by atoms with van der Waals surface area (Å²) >= 11 is 1.85. The van der Waals surface area contributed by atoms with Crippen molar-refractivity contribution in [1.82, 2.24) is 4.98 Å². The Morgan fingerprint density at radius 3 is 2.39 bits per heavy atom. The lowest BCUT2D eigenvalue weighted by Gasteiger charge is -2.14. The molecule has 3 aromatic rings. The van der Waals surface area contributed by atoms with Gasteiger partial charge in [-0.05, 0) is 58.5 Å². The molecule has 0 aliphatic rings. The average Bonchev–Trinajstić information content (AvgIpc) is 2.67. The lowest BCUT2D eigenvalue weighted by molar-refractivity contribution is 0.0697. The van der Waals surface area contributed by atoms with Gasteiger partial charge in [-0.3, -0.25) is 0 Å². The number of methoxy groups -OCH3 is 1. The standard InChI is InChI=1S/C20H11F2IN2O3/c1-28-16-5-4-10(6-15(16)22)18-13(20(26)27)8-17(23)25-19(18)11-2-3-12(9-24)14(21)7-11/h2-8H,1H3,(H,26,27). The van der Waals surface area contributed by atoms with Crippen LogP contribution in [0.5, 0.6) is 5.75 Å². The van der Waals surface area contributed by atoms with E-state index >= 15 is 0 Å². The molecule has 0 saturated carbocycles. The maximum absolute atomic E-state index is 14.3. The molecule has 3 rings (SSSR count). The van der Waals surface area contributed by atoms with Crippen LogP contribution < -0.4 is 4.74 Å². The van der Waals surface area contributed by atoms with Crippen LogP contribution in [0.1, 0.15) is 15.9 Å². The summed E-state index contributed by atoms with van der Waals surface area (Å²) in [5.41, 5.74) is 0.563. The van der Waals surface area contributed by atoms with E-state index in [0.29, 0.717) is 3.70 Å². The first-order valence-corrected chi connectivity index (χ1v) is 8.91. The van der Waals surface area contributed by atoms with E-state index in [2.05, 4.69) is 4.98 Å². The number of carboxylic acid groups (broad SMARTS) is 1. The number of nitrogens with zero attached hydrogens (tertiary/aromatic N) is 2. The van der Waals surface area contributed by atoms with Crippen molar-refractivity contribution in [2.24, 2.45) is 0 Å². The predicted molar refractivity (Wildman–Crippen MR) is 106 cm³/mol. The van der Waals surface area contributed by atoms with Crippen LogP contribution in [0.15, 0.2) is 42.5 Å². The number of hydrogen-bond donors (Lipinski definition) is 1. The fourth-order valence-corrected chi connectivity index (χ4v) is 3.31. The quantitative estimate of drug-likeness (QED) is 0.415. The summed E-state index contributed by atoms with van der Waals surface area (Å²) in [5, 5.41) is 18.6. The number of rotatable bonds is 4. The van der Waals surface area contributed by atoms with Gasteiger partial charge in [-0.25, -0.2) is 18.6 Å². The number of ether oxygens (including phenoxy) is 1. The van der Waals surface area contributed by atoms with Gasteiger partial charge in [-0.15, -0.1) is 0 Å². The Morgan fingerprint density at radius 2 is 1.82 bits per heavy atom. The van der Waals surface area contributed by atoms with Crippen LogP contribution in [0.25, 0.3) is 22.4 Å². The van der Waals surface area contributed by atoms with Crippen LogP contribution in [0.4, 0.5) is 8.78 Å². The Labute approximate surface area is 172 Å². The third-order valence-electron chi connectivity index (χ3n) is 4.02. The molecule has 0 fully saturated rings. The average molecular weight is 492 g/mol. The van der Waals surface area contributed by atoms with Crippen LogP contribution >= 0.6 is 22.6 Å². The van der Waals surface area contributed by atoms with E-state index in [1.807, 2.05) is 22.6 Å². The summed E-state index contributed by atoms with van der Waals surface area (Å²) in [6, 6.07) is 10.9. The summed E-state index contributed by atoms with van der Waals surface area (Å²) in [6.45, 7) is 0. The van der Waals surface area contributed by atoms with E-state index < -0.39 is 17.6 Å². The second-order valence-electron chi connectivity index (χ2n) is 5.68. The van der Waals surface area contributed by atoms with Gasteiger partial charge in [0.25, 0.3) is 0 Å². The molecule has 2 aromatic carbocycles. The van der Waals surface area contributed by atoms with Crippen LogP contribution in [0.2, 0.25) is 0 Å². The fourth-order valence-electron chi connectivity index (χ4n) is 2.76. The van der Waals surface area contributed by atoms with Crippen LogP contribution in [-0.4, -0.2) is 23.2 Å². The van der Waals surface area contributed by atoms with Crippen molar-refractivity contribution < 1.29 is 23.4 Å². The highest BCUT2D eigenvalue weighted by atomic mass is 127. The van der Waals surface area contributed by atoms with E-state index in [0.717, 1.165) is 12.1 Å².